The van der Waals surface area contributed by atoms with Crippen LogP contribution >= 0.6 is 0 Å². The highest BCUT2D eigenvalue weighted by atomic mass is 16.5. The number of anilines is 2. The second-order valence-corrected chi connectivity index (χ2v) is 5.87. The van der Waals surface area contributed by atoms with Gasteiger partial charge in [0.05, 0.1) is 24.6 Å². The third kappa shape index (κ3) is 6.20. The first-order valence-corrected chi connectivity index (χ1v) is 8.73. The highest BCUT2D eigenvalue weighted by molar-refractivity contribution is 5.94. The monoisotopic (exact) mass is 319 g/mol. The van der Waals surface area contributed by atoms with Gasteiger partial charge in [-0.25, -0.2) is 0 Å². The number of nitrogens with one attached hydrogen (secondary N) is 2. The van der Waals surface area contributed by atoms with Gasteiger partial charge < -0.3 is 20.3 Å². The number of morpholine rings is 1. The Bertz CT molecular complexity index is 473. The Hall–Kier alpha value is -1.59. The van der Waals surface area contributed by atoms with E-state index in [1.807, 2.05) is 18.2 Å². The standard InChI is InChI=1S/C18H29N3O2/c1-2-3-6-10-19-11-9-18(22)20-16-7-4-5-8-17(16)21-12-14-23-15-13-21/h4-5,7-8,19H,2-3,6,9-15H2,1H3,(H,20,22). The molecule has 1 aromatic carbocycles. The summed E-state index contributed by atoms with van der Waals surface area (Å²) in [4.78, 5) is 14.4. The summed E-state index contributed by atoms with van der Waals surface area (Å²) in [6.45, 7) is 7.13. The summed E-state index contributed by atoms with van der Waals surface area (Å²) in [5.74, 6) is 0.0636. The SMILES string of the molecule is CCCCCNCCC(=O)Nc1ccccc1N1CCOCC1. The van der Waals surface area contributed by atoms with Crippen molar-refractivity contribution < 1.29 is 9.53 Å². The highest BCUT2D eigenvalue weighted by Gasteiger charge is 2.15. The molecule has 1 fully saturated rings. The molecular formula is C18H29N3O2. The molecule has 0 unspecified atom stereocenters. The van der Waals surface area contributed by atoms with E-state index >= 15 is 0 Å². The average molecular weight is 319 g/mol. The molecule has 1 saturated heterocycles. The molecule has 128 valence electrons. The number of hydrogen-bond acceptors (Lipinski definition) is 4. The van der Waals surface area contributed by atoms with Gasteiger partial charge in [0.15, 0.2) is 0 Å². The number of benzene rings is 1. The zero-order valence-electron chi connectivity index (χ0n) is 14.1. The van der Waals surface area contributed by atoms with E-state index in [1.54, 1.807) is 0 Å². The van der Waals surface area contributed by atoms with E-state index in [-0.39, 0.29) is 5.91 Å². The van der Waals surface area contributed by atoms with Crippen molar-refractivity contribution >= 4 is 17.3 Å². The molecule has 1 aliphatic heterocycles. The summed E-state index contributed by atoms with van der Waals surface area (Å²) >= 11 is 0. The van der Waals surface area contributed by atoms with Gasteiger partial charge in [0.1, 0.15) is 0 Å². The van der Waals surface area contributed by atoms with Gasteiger partial charge in [-0.2, -0.15) is 0 Å². The molecular weight excluding hydrogens is 290 g/mol. The van der Waals surface area contributed by atoms with Gasteiger partial charge in [0.25, 0.3) is 0 Å². The summed E-state index contributed by atoms with van der Waals surface area (Å²) in [7, 11) is 0. The first kappa shape index (κ1) is 17.8. The van der Waals surface area contributed by atoms with Crippen LogP contribution in [0.4, 0.5) is 11.4 Å². The third-order valence-electron chi connectivity index (χ3n) is 4.02. The maximum Gasteiger partial charge on any atom is 0.225 e. The normalized spacial score (nSPS) is 14.7. The van der Waals surface area contributed by atoms with Gasteiger partial charge in [0, 0.05) is 26.1 Å². The van der Waals surface area contributed by atoms with Crippen molar-refractivity contribution in [1.29, 1.82) is 0 Å². The van der Waals surface area contributed by atoms with Crippen molar-refractivity contribution in [1.82, 2.24) is 5.32 Å². The molecule has 0 atom stereocenters. The first-order chi connectivity index (χ1) is 11.3. The number of amides is 1. The molecule has 0 aliphatic carbocycles. The van der Waals surface area contributed by atoms with Crippen LogP contribution in [0.2, 0.25) is 0 Å². The Morgan fingerprint density at radius 3 is 2.74 bits per heavy atom. The molecule has 0 spiro atoms. The molecule has 0 bridgehead atoms. The lowest BCUT2D eigenvalue weighted by Crippen LogP contribution is -2.36. The second-order valence-electron chi connectivity index (χ2n) is 5.87. The molecule has 5 nitrogen and oxygen atoms in total. The van der Waals surface area contributed by atoms with Crippen LogP contribution in [0.1, 0.15) is 32.6 Å². The number of ether oxygens (including phenoxy) is 1. The van der Waals surface area contributed by atoms with Crippen LogP contribution in [0, 0.1) is 0 Å². The Morgan fingerprint density at radius 2 is 1.96 bits per heavy atom. The average Bonchev–Trinajstić information content (AvgIpc) is 2.59. The van der Waals surface area contributed by atoms with E-state index in [0.717, 1.165) is 50.8 Å². The Labute approximate surface area is 139 Å². The van der Waals surface area contributed by atoms with Crippen LogP contribution in [-0.4, -0.2) is 45.3 Å². The lowest BCUT2D eigenvalue weighted by Gasteiger charge is -2.30. The maximum atomic E-state index is 12.1. The van der Waals surface area contributed by atoms with Crippen LogP contribution in [0.25, 0.3) is 0 Å². The van der Waals surface area contributed by atoms with Crippen molar-refractivity contribution in [2.75, 3.05) is 49.6 Å². The van der Waals surface area contributed by atoms with Crippen LogP contribution in [0.3, 0.4) is 0 Å². The molecule has 1 aliphatic rings. The van der Waals surface area contributed by atoms with Gasteiger partial charge in [-0.3, -0.25) is 4.79 Å². The van der Waals surface area contributed by atoms with E-state index in [9.17, 15) is 4.79 Å². The molecule has 0 aromatic heterocycles. The lowest BCUT2D eigenvalue weighted by molar-refractivity contribution is -0.116. The molecule has 0 radical (unpaired) electrons. The summed E-state index contributed by atoms with van der Waals surface area (Å²) < 4.78 is 5.40. The molecule has 1 amide bonds. The van der Waals surface area contributed by atoms with Crippen molar-refractivity contribution in [3.63, 3.8) is 0 Å². The van der Waals surface area contributed by atoms with Crippen molar-refractivity contribution in [2.24, 2.45) is 0 Å². The minimum atomic E-state index is 0.0636. The fraction of sp³-hybridized carbons (Fsp3) is 0.611. The minimum absolute atomic E-state index is 0.0636. The molecule has 0 saturated carbocycles. The fourth-order valence-corrected chi connectivity index (χ4v) is 2.70. The molecule has 2 N–H and O–H groups in total. The number of para-hydroxylation sites is 2. The van der Waals surface area contributed by atoms with E-state index in [4.69, 9.17) is 4.74 Å². The quantitative estimate of drug-likeness (QED) is 0.687. The van der Waals surface area contributed by atoms with Crippen LogP contribution < -0.4 is 15.5 Å². The molecule has 2 rings (SSSR count). The number of carbonyl (C=O) groups is 1. The van der Waals surface area contributed by atoms with E-state index in [0.29, 0.717) is 6.42 Å². The molecule has 23 heavy (non-hydrogen) atoms. The predicted octanol–water partition coefficient (Wildman–Crippen LogP) is 2.63. The lowest BCUT2D eigenvalue weighted by atomic mass is 10.2. The number of hydrogen-bond donors (Lipinski definition) is 2. The van der Waals surface area contributed by atoms with Crippen LogP contribution in [0.15, 0.2) is 24.3 Å². The van der Waals surface area contributed by atoms with Crippen molar-refractivity contribution in [2.45, 2.75) is 32.6 Å². The number of carbonyl (C=O) groups excluding carboxylic acids is 1. The van der Waals surface area contributed by atoms with Crippen molar-refractivity contribution in [3.8, 4) is 0 Å². The van der Waals surface area contributed by atoms with Gasteiger partial charge in [-0.1, -0.05) is 31.9 Å². The van der Waals surface area contributed by atoms with E-state index in [2.05, 4.69) is 28.5 Å². The number of nitrogens with zero attached hydrogens (tertiary/aromatic N) is 1. The molecule has 1 aromatic rings. The minimum Gasteiger partial charge on any atom is -0.378 e. The van der Waals surface area contributed by atoms with Gasteiger partial charge in [-0.05, 0) is 25.1 Å². The van der Waals surface area contributed by atoms with Gasteiger partial charge in [0.2, 0.25) is 5.91 Å². The first-order valence-electron chi connectivity index (χ1n) is 8.73. The van der Waals surface area contributed by atoms with E-state index in [1.165, 1.54) is 19.3 Å². The van der Waals surface area contributed by atoms with Gasteiger partial charge >= 0.3 is 0 Å². The fourth-order valence-electron chi connectivity index (χ4n) is 2.70. The summed E-state index contributed by atoms with van der Waals surface area (Å²) in [6.07, 6.45) is 4.15. The molecule has 5 heteroatoms. The summed E-state index contributed by atoms with van der Waals surface area (Å²) in [6, 6.07) is 8.00. The van der Waals surface area contributed by atoms with Crippen molar-refractivity contribution in [3.05, 3.63) is 24.3 Å². The summed E-state index contributed by atoms with van der Waals surface area (Å²) in [5.41, 5.74) is 1.98. The largest absolute Gasteiger partial charge is 0.378 e. The predicted molar refractivity (Wildman–Crippen MR) is 95.1 cm³/mol. The highest BCUT2D eigenvalue weighted by Crippen LogP contribution is 2.26. The second kappa shape index (κ2) is 10.2. The summed E-state index contributed by atoms with van der Waals surface area (Å²) in [5, 5.41) is 6.38. The number of unbranched alkanes of at least 4 members (excludes halogenated alkanes) is 2. The number of rotatable bonds is 9. The topological polar surface area (TPSA) is 53.6 Å². The van der Waals surface area contributed by atoms with E-state index < -0.39 is 0 Å². The maximum absolute atomic E-state index is 12.1. The van der Waals surface area contributed by atoms with Gasteiger partial charge in [-0.15, -0.1) is 0 Å². The van der Waals surface area contributed by atoms with Crippen LogP contribution in [0.5, 0.6) is 0 Å². The Balaban J connectivity index is 1.79. The Kier molecular flexibility index (Phi) is 7.90. The Morgan fingerprint density at radius 1 is 1.17 bits per heavy atom. The smallest absolute Gasteiger partial charge is 0.225 e. The zero-order valence-corrected chi connectivity index (χ0v) is 14.1. The zero-order chi connectivity index (χ0) is 16.3. The molecule has 1 heterocycles. The third-order valence-corrected chi connectivity index (χ3v) is 4.02. The van der Waals surface area contributed by atoms with Crippen LogP contribution in [-0.2, 0) is 9.53 Å².